The van der Waals surface area contributed by atoms with Crippen molar-refractivity contribution < 1.29 is 4.79 Å². The first-order chi connectivity index (χ1) is 9.60. The maximum absolute atomic E-state index is 12.5. The highest BCUT2D eigenvalue weighted by atomic mass is 79.9. The predicted molar refractivity (Wildman–Crippen MR) is 86.0 cm³/mol. The third-order valence-corrected chi connectivity index (χ3v) is 7.36. The number of carbonyl (C=O) groups is 1. The molecule has 1 aromatic heterocycles. The molecule has 0 radical (unpaired) electrons. The van der Waals surface area contributed by atoms with Crippen molar-refractivity contribution in [3.63, 3.8) is 0 Å². The highest BCUT2D eigenvalue weighted by Gasteiger charge is 2.51. The second kappa shape index (κ2) is 4.95. The Balaban J connectivity index is 1.44. The Morgan fingerprint density at radius 2 is 1.75 bits per heavy atom. The normalized spacial score (nSPS) is 38.4. The third kappa shape index (κ3) is 2.52. The summed E-state index contributed by atoms with van der Waals surface area (Å²) in [7, 11) is 0. The Kier molecular flexibility index (Phi) is 3.34. The summed E-state index contributed by atoms with van der Waals surface area (Å²) in [5.41, 5.74) is 0.403. The molecule has 4 aliphatic carbocycles. The van der Waals surface area contributed by atoms with Gasteiger partial charge in [0.15, 0.2) is 0 Å². The van der Waals surface area contributed by atoms with Crippen LogP contribution in [0.4, 0.5) is 0 Å². The zero-order valence-corrected chi connectivity index (χ0v) is 14.1. The van der Waals surface area contributed by atoms with Gasteiger partial charge >= 0.3 is 0 Å². The van der Waals surface area contributed by atoms with Gasteiger partial charge in [0.25, 0.3) is 0 Å². The van der Waals surface area contributed by atoms with Crippen molar-refractivity contribution in [2.75, 3.05) is 0 Å². The molecule has 1 aromatic rings. The largest absolute Gasteiger partial charge is 0.299 e. The Morgan fingerprint density at radius 3 is 2.25 bits per heavy atom. The summed E-state index contributed by atoms with van der Waals surface area (Å²) in [6.45, 7) is 0. The lowest BCUT2D eigenvalue weighted by atomic mass is 9.48. The van der Waals surface area contributed by atoms with Gasteiger partial charge < -0.3 is 0 Å². The lowest BCUT2D eigenvalue weighted by Crippen LogP contribution is -2.47. The van der Waals surface area contributed by atoms with Crippen LogP contribution in [0, 0.1) is 23.2 Å². The van der Waals surface area contributed by atoms with Gasteiger partial charge in [0.05, 0.1) is 3.79 Å². The van der Waals surface area contributed by atoms with Crippen LogP contribution in [0.15, 0.2) is 15.9 Å². The first-order valence-corrected chi connectivity index (χ1v) is 9.47. The highest BCUT2D eigenvalue weighted by Crippen LogP contribution is 2.61. The van der Waals surface area contributed by atoms with Crippen molar-refractivity contribution in [1.29, 1.82) is 0 Å². The standard InChI is InChI=1S/C17H21BrOS/c18-16-2-1-15(20-16)6-14(19)10-17-7-11-3-12(8-17)5-13(4-11)9-17/h1-2,11-13H,3-10H2. The molecule has 0 aromatic carbocycles. The first-order valence-electron chi connectivity index (χ1n) is 7.86. The van der Waals surface area contributed by atoms with E-state index in [1.807, 2.05) is 0 Å². The molecule has 0 saturated heterocycles. The topological polar surface area (TPSA) is 17.1 Å². The molecule has 3 heteroatoms. The van der Waals surface area contributed by atoms with Crippen LogP contribution < -0.4 is 0 Å². The zero-order valence-electron chi connectivity index (χ0n) is 11.7. The monoisotopic (exact) mass is 352 g/mol. The Bertz CT molecular complexity index is 498. The molecule has 4 aliphatic rings. The number of hydrogen-bond donors (Lipinski definition) is 0. The SMILES string of the molecule is O=C(Cc1ccc(Br)s1)CC12CC3CC(CC(C3)C1)C2. The van der Waals surface area contributed by atoms with Gasteiger partial charge in [0.2, 0.25) is 0 Å². The average molecular weight is 353 g/mol. The number of halogens is 1. The van der Waals surface area contributed by atoms with Crippen molar-refractivity contribution in [1.82, 2.24) is 0 Å². The van der Waals surface area contributed by atoms with E-state index in [1.165, 1.54) is 43.4 Å². The Labute approximate surface area is 133 Å². The summed E-state index contributed by atoms with van der Waals surface area (Å²) in [6, 6.07) is 4.14. The summed E-state index contributed by atoms with van der Waals surface area (Å²) in [4.78, 5) is 13.7. The number of ketones is 1. The Hall–Kier alpha value is -0.150. The molecular formula is C17H21BrOS. The van der Waals surface area contributed by atoms with Crippen molar-refractivity contribution in [3.8, 4) is 0 Å². The quantitative estimate of drug-likeness (QED) is 0.724. The number of thiophene rings is 1. The van der Waals surface area contributed by atoms with Crippen molar-refractivity contribution >= 4 is 33.0 Å². The van der Waals surface area contributed by atoms with Crippen molar-refractivity contribution in [2.24, 2.45) is 23.2 Å². The van der Waals surface area contributed by atoms with Gasteiger partial charge in [-0.05, 0) is 89.8 Å². The molecule has 0 N–H and O–H groups in total. The van der Waals surface area contributed by atoms with Gasteiger partial charge in [-0.25, -0.2) is 0 Å². The second-order valence-electron chi connectivity index (χ2n) is 7.52. The molecule has 0 spiro atoms. The minimum Gasteiger partial charge on any atom is -0.299 e. The van der Waals surface area contributed by atoms with E-state index in [1.54, 1.807) is 11.3 Å². The molecule has 20 heavy (non-hydrogen) atoms. The fourth-order valence-corrected chi connectivity index (χ4v) is 7.14. The number of rotatable bonds is 4. The van der Waals surface area contributed by atoms with E-state index >= 15 is 0 Å². The second-order valence-corrected chi connectivity index (χ2v) is 10.1. The summed E-state index contributed by atoms with van der Waals surface area (Å²) in [5, 5.41) is 0. The fourth-order valence-electron chi connectivity index (χ4n) is 5.63. The van der Waals surface area contributed by atoms with E-state index < -0.39 is 0 Å². The molecule has 5 rings (SSSR count). The smallest absolute Gasteiger partial charge is 0.138 e. The molecule has 4 fully saturated rings. The Morgan fingerprint density at radius 1 is 1.15 bits per heavy atom. The van der Waals surface area contributed by atoms with Crippen LogP contribution in [0.3, 0.4) is 0 Å². The molecular weight excluding hydrogens is 332 g/mol. The third-order valence-electron chi connectivity index (χ3n) is 5.74. The first kappa shape index (κ1) is 13.5. The van der Waals surface area contributed by atoms with E-state index in [0.29, 0.717) is 17.6 Å². The van der Waals surface area contributed by atoms with E-state index in [9.17, 15) is 4.79 Å². The number of hydrogen-bond acceptors (Lipinski definition) is 2. The van der Waals surface area contributed by atoms with E-state index in [-0.39, 0.29) is 0 Å². The number of Topliss-reactive ketones (excluding diaryl/α,β-unsaturated/α-hetero) is 1. The van der Waals surface area contributed by atoms with Gasteiger partial charge in [-0.15, -0.1) is 11.3 Å². The molecule has 0 aliphatic heterocycles. The molecule has 1 nitrogen and oxygen atoms in total. The van der Waals surface area contributed by atoms with Crippen LogP contribution >= 0.6 is 27.3 Å². The van der Waals surface area contributed by atoms with E-state index in [4.69, 9.17) is 0 Å². The molecule has 4 saturated carbocycles. The van der Waals surface area contributed by atoms with Crippen LogP contribution in [-0.2, 0) is 11.2 Å². The van der Waals surface area contributed by atoms with Crippen LogP contribution in [0.5, 0.6) is 0 Å². The lowest BCUT2D eigenvalue weighted by molar-refractivity contribution is -0.126. The summed E-state index contributed by atoms with van der Waals surface area (Å²) in [5.74, 6) is 3.32. The van der Waals surface area contributed by atoms with Gasteiger partial charge in [-0.3, -0.25) is 4.79 Å². The van der Waals surface area contributed by atoms with Gasteiger partial charge in [-0.1, -0.05) is 0 Å². The fraction of sp³-hybridized carbons (Fsp3) is 0.706. The van der Waals surface area contributed by atoms with Crippen LogP contribution in [-0.4, -0.2) is 5.78 Å². The van der Waals surface area contributed by atoms with Crippen molar-refractivity contribution in [2.45, 2.75) is 51.4 Å². The minimum atomic E-state index is 0.403. The van der Waals surface area contributed by atoms with Crippen LogP contribution in [0.25, 0.3) is 0 Å². The summed E-state index contributed by atoms with van der Waals surface area (Å²) in [6.07, 6.45) is 9.93. The maximum atomic E-state index is 12.5. The minimum absolute atomic E-state index is 0.403. The molecule has 108 valence electrons. The average Bonchev–Trinajstić information content (AvgIpc) is 2.71. The molecule has 4 bridgehead atoms. The highest BCUT2D eigenvalue weighted by molar-refractivity contribution is 9.11. The lowest BCUT2D eigenvalue weighted by Gasteiger charge is -2.56. The summed E-state index contributed by atoms with van der Waals surface area (Å²) >= 11 is 5.19. The maximum Gasteiger partial charge on any atom is 0.138 e. The van der Waals surface area contributed by atoms with Crippen LogP contribution in [0.2, 0.25) is 0 Å². The predicted octanol–water partition coefficient (Wildman–Crippen LogP) is 5.23. The van der Waals surface area contributed by atoms with Crippen molar-refractivity contribution in [3.05, 3.63) is 20.8 Å². The molecule has 1 heterocycles. The molecule has 0 amide bonds. The van der Waals surface area contributed by atoms with Crippen LogP contribution in [0.1, 0.15) is 49.8 Å². The van der Waals surface area contributed by atoms with Gasteiger partial charge in [0, 0.05) is 17.7 Å². The van der Waals surface area contributed by atoms with E-state index in [2.05, 4.69) is 28.1 Å². The van der Waals surface area contributed by atoms with Gasteiger partial charge in [-0.2, -0.15) is 0 Å². The molecule has 0 unspecified atom stereocenters. The molecule has 0 atom stereocenters. The van der Waals surface area contributed by atoms with Gasteiger partial charge in [0.1, 0.15) is 5.78 Å². The van der Waals surface area contributed by atoms with E-state index in [0.717, 1.165) is 28.0 Å². The zero-order chi connectivity index (χ0) is 13.7. The number of carbonyl (C=O) groups excluding carboxylic acids is 1. The summed E-state index contributed by atoms with van der Waals surface area (Å²) < 4.78 is 1.13.